The lowest BCUT2D eigenvalue weighted by atomic mass is 10.4. The van der Waals surface area contributed by atoms with Crippen molar-refractivity contribution in [3.05, 3.63) is 0 Å². The molecule has 1 atom stereocenters. The largest absolute Gasteiger partial charge is 0.392 e. The molecule has 0 saturated heterocycles. The third-order valence-corrected chi connectivity index (χ3v) is 1.97. The maximum Gasteiger partial charge on any atom is 0.276 e. The van der Waals surface area contributed by atoms with Crippen LogP contribution in [0.5, 0.6) is 0 Å². The fraction of sp³-hybridized carbons (Fsp3) is 1.00. The van der Waals surface area contributed by atoms with Crippen molar-refractivity contribution in [2.24, 2.45) is 5.14 Å². The van der Waals surface area contributed by atoms with Crippen LogP contribution in [0, 0.1) is 0 Å². The van der Waals surface area contributed by atoms with Crippen molar-refractivity contribution < 1.29 is 13.5 Å². The summed E-state index contributed by atoms with van der Waals surface area (Å²) in [7, 11) is -2.32. The zero-order valence-electron chi connectivity index (χ0n) is 5.98. The van der Waals surface area contributed by atoms with E-state index in [1.54, 1.807) is 0 Å². The molecule has 0 fully saturated rings. The van der Waals surface area contributed by atoms with Crippen LogP contribution in [0.15, 0.2) is 0 Å². The van der Waals surface area contributed by atoms with Gasteiger partial charge in [-0.3, -0.25) is 0 Å². The van der Waals surface area contributed by atoms with Crippen LogP contribution in [0.1, 0.15) is 6.92 Å². The van der Waals surface area contributed by atoms with Gasteiger partial charge < -0.3 is 5.11 Å². The Morgan fingerprint density at radius 1 is 1.70 bits per heavy atom. The summed E-state index contributed by atoms with van der Waals surface area (Å²) in [5, 5.41) is 13.4. The van der Waals surface area contributed by atoms with Crippen molar-refractivity contribution in [3.8, 4) is 0 Å². The predicted octanol–water partition coefficient (Wildman–Crippen LogP) is -1.50. The highest BCUT2D eigenvalue weighted by molar-refractivity contribution is 7.86. The van der Waals surface area contributed by atoms with E-state index in [9.17, 15) is 8.42 Å². The molecule has 0 heterocycles. The Bertz CT molecular complexity index is 187. The van der Waals surface area contributed by atoms with Crippen LogP contribution in [0.4, 0.5) is 0 Å². The van der Waals surface area contributed by atoms with E-state index in [0.29, 0.717) is 0 Å². The topological polar surface area (TPSA) is 83.6 Å². The third kappa shape index (κ3) is 3.78. The number of nitrogens with zero attached hydrogens (tertiary/aromatic N) is 1. The molecule has 6 heteroatoms. The molecule has 0 aromatic heterocycles. The molecule has 0 aliphatic heterocycles. The summed E-state index contributed by atoms with van der Waals surface area (Å²) in [4.78, 5) is 0. The Morgan fingerprint density at radius 2 is 2.10 bits per heavy atom. The summed E-state index contributed by atoms with van der Waals surface area (Å²) in [6.07, 6.45) is -0.691. The molecule has 62 valence electrons. The van der Waals surface area contributed by atoms with Crippen molar-refractivity contribution in [1.29, 1.82) is 0 Å². The van der Waals surface area contributed by atoms with Gasteiger partial charge >= 0.3 is 0 Å². The smallest absolute Gasteiger partial charge is 0.276 e. The van der Waals surface area contributed by atoms with E-state index < -0.39 is 16.3 Å². The summed E-state index contributed by atoms with van der Waals surface area (Å²) in [6.45, 7) is 1.51. The van der Waals surface area contributed by atoms with E-state index in [1.165, 1.54) is 14.0 Å². The van der Waals surface area contributed by atoms with Gasteiger partial charge in [0.05, 0.1) is 6.10 Å². The monoisotopic (exact) mass is 168 g/mol. The minimum absolute atomic E-state index is 0.0266. The van der Waals surface area contributed by atoms with Gasteiger partial charge in [-0.25, -0.2) is 5.14 Å². The molecule has 0 amide bonds. The average Bonchev–Trinajstić information content (AvgIpc) is 1.60. The summed E-state index contributed by atoms with van der Waals surface area (Å²) in [5.74, 6) is 0. The Kier molecular flexibility index (Phi) is 3.23. The average molecular weight is 168 g/mol. The molecule has 0 aliphatic carbocycles. The van der Waals surface area contributed by atoms with Gasteiger partial charge in [-0.1, -0.05) is 0 Å². The first-order valence-corrected chi connectivity index (χ1v) is 4.26. The van der Waals surface area contributed by atoms with Gasteiger partial charge in [0.25, 0.3) is 10.2 Å². The molecule has 0 aromatic carbocycles. The van der Waals surface area contributed by atoms with Gasteiger partial charge in [-0.15, -0.1) is 0 Å². The van der Waals surface area contributed by atoms with Crippen LogP contribution < -0.4 is 5.14 Å². The molecule has 0 aromatic rings. The van der Waals surface area contributed by atoms with Crippen molar-refractivity contribution in [2.45, 2.75) is 13.0 Å². The van der Waals surface area contributed by atoms with Gasteiger partial charge in [0, 0.05) is 13.6 Å². The van der Waals surface area contributed by atoms with Crippen LogP contribution in [-0.2, 0) is 10.2 Å². The zero-order chi connectivity index (χ0) is 8.36. The van der Waals surface area contributed by atoms with E-state index in [2.05, 4.69) is 0 Å². The molecule has 0 radical (unpaired) electrons. The quantitative estimate of drug-likeness (QED) is 0.538. The van der Waals surface area contributed by atoms with Gasteiger partial charge in [-0.2, -0.15) is 12.7 Å². The lowest BCUT2D eigenvalue weighted by molar-refractivity contribution is 0.171. The molecule has 0 rings (SSSR count). The Balaban J connectivity index is 3.99. The molecule has 0 saturated carbocycles. The third-order valence-electron chi connectivity index (χ3n) is 0.956. The number of nitrogens with two attached hydrogens (primary N) is 1. The van der Waals surface area contributed by atoms with E-state index in [4.69, 9.17) is 10.2 Å². The SMILES string of the molecule is C[C@H](O)CN(C)S(N)(=O)=O. The van der Waals surface area contributed by atoms with Crippen molar-refractivity contribution in [1.82, 2.24) is 4.31 Å². The fourth-order valence-electron chi connectivity index (χ4n) is 0.476. The highest BCUT2D eigenvalue weighted by Crippen LogP contribution is 1.91. The van der Waals surface area contributed by atoms with Crippen LogP contribution >= 0.6 is 0 Å². The normalized spacial score (nSPS) is 15.7. The molecule has 0 spiro atoms. The lowest BCUT2D eigenvalue weighted by Gasteiger charge is -2.14. The first kappa shape index (κ1) is 9.83. The summed E-state index contributed by atoms with van der Waals surface area (Å²) < 4.78 is 21.8. The fourth-order valence-corrected chi connectivity index (χ4v) is 0.900. The van der Waals surface area contributed by atoms with Crippen LogP contribution in [0.25, 0.3) is 0 Å². The summed E-state index contributed by atoms with van der Waals surface area (Å²) in [5.41, 5.74) is 0. The number of hydrogen-bond donors (Lipinski definition) is 2. The lowest BCUT2D eigenvalue weighted by Crippen LogP contribution is -2.37. The van der Waals surface area contributed by atoms with E-state index in [1.807, 2.05) is 0 Å². The van der Waals surface area contributed by atoms with E-state index >= 15 is 0 Å². The second kappa shape index (κ2) is 3.29. The minimum atomic E-state index is -3.62. The van der Waals surface area contributed by atoms with Crippen molar-refractivity contribution in [3.63, 3.8) is 0 Å². The van der Waals surface area contributed by atoms with Crippen LogP contribution in [-0.4, -0.2) is 37.5 Å². The number of likely N-dealkylation sites (N-methyl/N-ethyl adjacent to an activating group) is 1. The Labute approximate surface area is 60.6 Å². The highest BCUT2D eigenvalue weighted by atomic mass is 32.2. The number of hydrogen-bond acceptors (Lipinski definition) is 3. The van der Waals surface area contributed by atoms with Crippen molar-refractivity contribution >= 4 is 10.2 Å². The van der Waals surface area contributed by atoms with E-state index in [-0.39, 0.29) is 6.54 Å². The Hall–Kier alpha value is -0.170. The van der Waals surface area contributed by atoms with E-state index in [0.717, 1.165) is 4.31 Å². The standard InChI is InChI=1S/C4H12N2O3S/c1-4(7)3-6(2)10(5,8)9/h4,7H,3H2,1-2H3,(H2,5,8,9)/t4-/m0/s1. The number of aliphatic hydroxyl groups excluding tert-OH is 1. The molecule has 0 aliphatic rings. The van der Waals surface area contributed by atoms with Crippen LogP contribution in [0.3, 0.4) is 0 Å². The van der Waals surface area contributed by atoms with Gasteiger partial charge in [0.2, 0.25) is 0 Å². The highest BCUT2D eigenvalue weighted by Gasteiger charge is 2.12. The maximum absolute atomic E-state index is 10.5. The Morgan fingerprint density at radius 3 is 2.20 bits per heavy atom. The van der Waals surface area contributed by atoms with Gasteiger partial charge in [0.15, 0.2) is 0 Å². The zero-order valence-corrected chi connectivity index (χ0v) is 6.80. The second-order valence-corrected chi connectivity index (χ2v) is 3.83. The molecule has 0 bridgehead atoms. The second-order valence-electron chi connectivity index (χ2n) is 2.17. The predicted molar refractivity (Wildman–Crippen MR) is 37.4 cm³/mol. The summed E-state index contributed by atoms with van der Waals surface area (Å²) in [6, 6.07) is 0. The number of aliphatic hydroxyl groups is 1. The number of rotatable bonds is 3. The first-order chi connectivity index (χ1) is 4.34. The molecular weight excluding hydrogens is 156 g/mol. The first-order valence-electron chi connectivity index (χ1n) is 2.76. The molecule has 10 heavy (non-hydrogen) atoms. The summed E-state index contributed by atoms with van der Waals surface area (Å²) >= 11 is 0. The maximum atomic E-state index is 10.5. The van der Waals surface area contributed by atoms with Gasteiger partial charge in [-0.05, 0) is 6.92 Å². The minimum Gasteiger partial charge on any atom is -0.392 e. The van der Waals surface area contributed by atoms with Gasteiger partial charge in [0.1, 0.15) is 0 Å². The molecule has 0 unspecified atom stereocenters. The molecular formula is C4H12N2O3S. The molecule has 5 nitrogen and oxygen atoms in total. The van der Waals surface area contributed by atoms with Crippen LogP contribution in [0.2, 0.25) is 0 Å². The molecule has 3 N–H and O–H groups in total. The van der Waals surface area contributed by atoms with Crippen molar-refractivity contribution in [2.75, 3.05) is 13.6 Å².